The number of unbranched alkanes of at least 4 members (excludes halogenated alkanes) is 2. The fraction of sp³-hybridized carbons (Fsp3) is 0.857. The molecule has 0 spiro atoms. The highest BCUT2D eigenvalue weighted by molar-refractivity contribution is 4.95. The van der Waals surface area contributed by atoms with E-state index >= 15 is 0 Å². The fourth-order valence-electron chi connectivity index (χ4n) is 2.26. The molecule has 0 aliphatic heterocycles. The Morgan fingerprint density at radius 2 is 1.89 bits per heavy atom. The quantitative estimate of drug-likeness (QED) is 0.262. The van der Waals surface area contributed by atoms with Gasteiger partial charge >= 0.3 is 0 Å². The van der Waals surface area contributed by atoms with Crippen molar-refractivity contribution < 1.29 is 27.0 Å². The summed E-state index contributed by atoms with van der Waals surface area (Å²) in [7, 11) is 4.10. The molecular weight excluding hydrogens is 250 g/mol. The molecule has 0 rings (SSSR count). The standard InChI is InChI=1S/C14H30NO2.ClH/c1-6-9-10-13-17-15(4,5)14(7-2,8-3)11-12-16;/h7,16H,2,6,8-13H2,1,3-5H3;1H/q+1;/p-1. The minimum absolute atomic E-state index is 0. The maximum atomic E-state index is 9.22. The van der Waals surface area contributed by atoms with Crippen LogP contribution in [0.15, 0.2) is 12.7 Å². The van der Waals surface area contributed by atoms with E-state index in [0.717, 1.165) is 19.4 Å². The summed E-state index contributed by atoms with van der Waals surface area (Å²) in [6.07, 6.45) is 7.03. The number of hydrogen-bond acceptors (Lipinski definition) is 2. The van der Waals surface area contributed by atoms with Crippen LogP contribution >= 0.6 is 0 Å². The van der Waals surface area contributed by atoms with Crippen molar-refractivity contribution in [3.8, 4) is 0 Å². The zero-order chi connectivity index (χ0) is 13.4. The molecule has 0 radical (unpaired) electrons. The summed E-state index contributed by atoms with van der Waals surface area (Å²) in [6.45, 7) is 9.16. The van der Waals surface area contributed by atoms with E-state index < -0.39 is 0 Å². The summed E-state index contributed by atoms with van der Waals surface area (Å²) < 4.78 is 0.442. The third-order valence-corrected chi connectivity index (χ3v) is 3.77. The molecule has 0 fully saturated rings. The van der Waals surface area contributed by atoms with Crippen LogP contribution in [-0.2, 0) is 4.84 Å². The van der Waals surface area contributed by atoms with Gasteiger partial charge in [-0.15, -0.1) is 0 Å². The molecule has 1 N–H and O–H groups in total. The van der Waals surface area contributed by atoms with E-state index in [1.807, 2.05) is 20.2 Å². The summed E-state index contributed by atoms with van der Waals surface area (Å²) in [5, 5.41) is 9.22. The van der Waals surface area contributed by atoms with Crippen LogP contribution in [0.1, 0.15) is 46.0 Å². The number of likely N-dealkylation sites (N-methyl/N-ethyl adjacent to an activating group) is 1. The lowest BCUT2D eigenvalue weighted by Crippen LogP contribution is -3.00. The summed E-state index contributed by atoms with van der Waals surface area (Å²) in [5.74, 6) is 0. The number of halogens is 1. The van der Waals surface area contributed by atoms with Crippen molar-refractivity contribution in [3.05, 3.63) is 12.7 Å². The molecule has 1 unspecified atom stereocenters. The van der Waals surface area contributed by atoms with E-state index in [9.17, 15) is 5.11 Å². The van der Waals surface area contributed by atoms with Gasteiger partial charge in [0.2, 0.25) is 0 Å². The number of nitrogens with zero attached hydrogens (tertiary/aromatic N) is 1. The lowest BCUT2D eigenvalue weighted by atomic mass is 9.90. The Labute approximate surface area is 119 Å². The van der Waals surface area contributed by atoms with Gasteiger partial charge in [0.15, 0.2) is 0 Å². The van der Waals surface area contributed by atoms with Gasteiger partial charge in [0, 0.05) is 19.4 Å². The van der Waals surface area contributed by atoms with Gasteiger partial charge in [-0.2, -0.15) is 4.65 Å². The van der Waals surface area contributed by atoms with Crippen molar-refractivity contribution in [2.24, 2.45) is 0 Å². The minimum atomic E-state index is -0.193. The normalized spacial score (nSPS) is 14.7. The average Bonchev–Trinajstić information content (AvgIpc) is 2.31. The molecule has 0 bridgehead atoms. The van der Waals surface area contributed by atoms with Crippen molar-refractivity contribution >= 4 is 0 Å². The third kappa shape index (κ3) is 5.27. The molecule has 1 atom stereocenters. The average molecular weight is 280 g/mol. The molecule has 3 nitrogen and oxygen atoms in total. The van der Waals surface area contributed by atoms with Crippen molar-refractivity contribution in [2.75, 3.05) is 27.3 Å². The number of hydrogen-bond donors (Lipinski definition) is 1. The maximum Gasteiger partial charge on any atom is 0.149 e. The molecule has 0 aromatic rings. The molecule has 0 aliphatic carbocycles. The SMILES string of the molecule is C=CC(CC)(CCO)[N+](C)(C)OCCCCC.[Cl-]. The van der Waals surface area contributed by atoms with Gasteiger partial charge in [0.05, 0.1) is 14.1 Å². The van der Waals surface area contributed by atoms with Crippen LogP contribution in [0.5, 0.6) is 0 Å². The molecule has 0 aromatic carbocycles. The second-order valence-corrected chi connectivity index (χ2v) is 5.03. The second-order valence-electron chi connectivity index (χ2n) is 5.03. The highest BCUT2D eigenvalue weighted by atomic mass is 35.5. The van der Waals surface area contributed by atoms with Crippen molar-refractivity contribution in [1.82, 2.24) is 0 Å². The lowest BCUT2D eigenvalue weighted by Gasteiger charge is -2.43. The topological polar surface area (TPSA) is 29.5 Å². The monoisotopic (exact) mass is 279 g/mol. The van der Waals surface area contributed by atoms with E-state index in [4.69, 9.17) is 4.84 Å². The lowest BCUT2D eigenvalue weighted by molar-refractivity contribution is -1.11. The maximum absolute atomic E-state index is 9.22. The van der Waals surface area contributed by atoms with Gasteiger partial charge < -0.3 is 17.5 Å². The molecule has 0 saturated carbocycles. The van der Waals surface area contributed by atoms with E-state index in [-0.39, 0.29) is 24.6 Å². The molecule has 4 heteroatoms. The Bertz CT molecular complexity index is 222. The molecule has 0 heterocycles. The van der Waals surface area contributed by atoms with Crippen molar-refractivity contribution in [2.45, 2.75) is 51.5 Å². The number of hydroxylamine groups is 3. The number of quaternary nitrogens is 1. The van der Waals surface area contributed by atoms with Gasteiger partial charge in [0.25, 0.3) is 0 Å². The first-order valence-electron chi connectivity index (χ1n) is 6.72. The van der Waals surface area contributed by atoms with Crippen molar-refractivity contribution in [1.29, 1.82) is 0 Å². The van der Waals surface area contributed by atoms with E-state index in [1.165, 1.54) is 12.8 Å². The first kappa shape index (κ1) is 20.2. The Balaban J connectivity index is 0. The van der Waals surface area contributed by atoms with E-state index in [1.54, 1.807) is 0 Å². The van der Waals surface area contributed by atoms with Crippen LogP contribution in [0.25, 0.3) is 0 Å². The molecule has 0 amide bonds. The van der Waals surface area contributed by atoms with Crippen LogP contribution in [0, 0.1) is 0 Å². The van der Waals surface area contributed by atoms with Crippen LogP contribution in [0.2, 0.25) is 0 Å². The van der Waals surface area contributed by atoms with E-state index in [2.05, 4.69) is 20.4 Å². The minimum Gasteiger partial charge on any atom is -1.00 e. The molecule has 0 aromatic heterocycles. The van der Waals surface area contributed by atoms with Gasteiger partial charge in [-0.25, -0.2) is 4.84 Å². The summed E-state index contributed by atoms with van der Waals surface area (Å²) in [5.41, 5.74) is -0.193. The molecular formula is C14H30ClNO2. The second kappa shape index (κ2) is 9.79. The summed E-state index contributed by atoms with van der Waals surface area (Å²) >= 11 is 0. The Morgan fingerprint density at radius 1 is 1.28 bits per heavy atom. The third-order valence-electron chi connectivity index (χ3n) is 3.77. The number of rotatable bonds is 10. The van der Waals surface area contributed by atoms with Crippen molar-refractivity contribution in [3.63, 3.8) is 0 Å². The van der Waals surface area contributed by atoms with Gasteiger partial charge in [-0.1, -0.05) is 33.3 Å². The first-order chi connectivity index (χ1) is 7.99. The summed E-state index contributed by atoms with van der Waals surface area (Å²) in [4.78, 5) is 5.99. The molecule has 18 heavy (non-hydrogen) atoms. The predicted octanol–water partition coefficient (Wildman–Crippen LogP) is -0.0942. The highest BCUT2D eigenvalue weighted by Gasteiger charge is 2.43. The largest absolute Gasteiger partial charge is 1.00 e. The van der Waals surface area contributed by atoms with Gasteiger partial charge in [-0.3, -0.25) is 0 Å². The number of aliphatic hydroxyl groups excluding tert-OH is 1. The fourth-order valence-corrected chi connectivity index (χ4v) is 2.26. The van der Waals surface area contributed by atoms with Gasteiger partial charge in [-0.05, 0) is 12.5 Å². The zero-order valence-corrected chi connectivity index (χ0v) is 13.2. The van der Waals surface area contributed by atoms with Crippen LogP contribution in [0.3, 0.4) is 0 Å². The van der Waals surface area contributed by atoms with Gasteiger partial charge in [0.1, 0.15) is 12.1 Å². The molecule has 0 aliphatic rings. The molecule has 0 saturated heterocycles. The van der Waals surface area contributed by atoms with Crippen LogP contribution in [-0.4, -0.2) is 42.6 Å². The van der Waals surface area contributed by atoms with E-state index in [0.29, 0.717) is 11.1 Å². The highest BCUT2D eigenvalue weighted by Crippen LogP contribution is 2.30. The Hall–Kier alpha value is -0.0900. The first-order valence-corrected chi connectivity index (χ1v) is 6.72. The number of aliphatic hydroxyl groups is 1. The Morgan fingerprint density at radius 3 is 2.28 bits per heavy atom. The molecule has 110 valence electrons. The predicted molar refractivity (Wildman–Crippen MR) is 72.5 cm³/mol. The zero-order valence-electron chi connectivity index (χ0n) is 12.4. The summed E-state index contributed by atoms with van der Waals surface area (Å²) in [6, 6.07) is 0. The van der Waals surface area contributed by atoms with Crippen LogP contribution in [0.4, 0.5) is 0 Å². The smallest absolute Gasteiger partial charge is 0.149 e. The Kier molecular flexibility index (Phi) is 11.0. The van der Waals surface area contributed by atoms with Crippen LogP contribution < -0.4 is 12.4 Å².